The Morgan fingerprint density at radius 1 is 1.36 bits per heavy atom. The second-order valence-electron chi connectivity index (χ2n) is 2.25. The molecule has 0 rings (SSSR count). The van der Waals surface area contributed by atoms with Gasteiger partial charge in [-0.1, -0.05) is 36.3 Å². The Kier molecular flexibility index (Phi) is 5.90. The molecule has 0 aromatic heterocycles. The first-order valence-corrected chi connectivity index (χ1v) is 6.59. The van der Waals surface area contributed by atoms with E-state index < -0.39 is 6.63 Å². The van der Waals surface area contributed by atoms with Gasteiger partial charge < -0.3 is 4.74 Å². The van der Waals surface area contributed by atoms with E-state index in [1.807, 2.05) is 13.8 Å². The van der Waals surface area contributed by atoms with Crippen molar-refractivity contribution in [3.8, 4) is 0 Å². The van der Waals surface area contributed by atoms with Crippen LogP contribution in [0.15, 0.2) is 10.5 Å². The van der Waals surface area contributed by atoms with E-state index in [0.29, 0.717) is 5.22 Å². The van der Waals surface area contributed by atoms with E-state index in [4.69, 9.17) is 38.8 Å². The molecular weight excluding hydrogens is 225 g/mol. The molecule has 0 amide bonds. The molecule has 0 bridgehead atoms. The van der Waals surface area contributed by atoms with Gasteiger partial charge in [-0.2, -0.15) is 0 Å². The van der Waals surface area contributed by atoms with Crippen LogP contribution in [-0.4, -0.2) is 7.11 Å². The zero-order valence-electron chi connectivity index (χ0n) is 6.57. The van der Waals surface area contributed by atoms with Gasteiger partial charge in [-0.05, 0) is 17.5 Å². The molecule has 0 saturated heterocycles. The van der Waals surface area contributed by atoms with Crippen LogP contribution in [0.25, 0.3) is 0 Å². The van der Waals surface area contributed by atoms with Crippen LogP contribution in [-0.2, 0) is 4.74 Å². The largest absolute Gasteiger partial charge is 0.486 e. The first-order chi connectivity index (χ1) is 5.00. The Hall–Kier alpha value is 0.840. The average Bonchev–Trinajstić information content (AvgIpc) is 1.85. The fourth-order valence-electron chi connectivity index (χ4n) is 0.593. The molecule has 11 heavy (non-hydrogen) atoms. The van der Waals surface area contributed by atoms with Crippen LogP contribution in [0.3, 0.4) is 0 Å². The number of rotatable bonds is 3. The summed E-state index contributed by atoms with van der Waals surface area (Å²) in [5.41, 5.74) is 0. The van der Waals surface area contributed by atoms with Gasteiger partial charge >= 0.3 is 0 Å². The normalized spacial score (nSPS) is 13.8. The molecule has 0 radical (unpaired) electrons. The van der Waals surface area contributed by atoms with Gasteiger partial charge in [0.15, 0.2) is 5.22 Å². The molecule has 5 heteroatoms. The molecule has 0 fully saturated rings. The van der Waals surface area contributed by atoms with Crippen LogP contribution in [0.5, 0.6) is 0 Å². The number of hydrogen-bond acceptors (Lipinski definition) is 1. The molecule has 0 atom stereocenters. The predicted molar refractivity (Wildman–Crippen MR) is 53.4 cm³/mol. The highest BCUT2D eigenvalue weighted by atomic mass is 35.9. The van der Waals surface area contributed by atoms with Gasteiger partial charge in [0.05, 0.1) is 7.11 Å². The van der Waals surface area contributed by atoms with E-state index in [2.05, 4.69) is 0 Å². The molecule has 0 aliphatic carbocycles. The Morgan fingerprint density at radius 3 is 1.91 bits per heavy atom. The number of halogens is 3. The van der Waals surface area contributed by atoms with E-state index in [1.165, 1.54) is 7.11 Å². The Morgan fingerprint density at radius 2 is 1.82 bits per heavy atom. The van der Waals surface area contributed by atoms with E-state index in [1.54, 1.807) is 0 Å². The minimum Gasteiger partial charge on any atom is -0.486 e. The third-order valence-corrected chi connectivity index (χ3v) is 3.78. The summed E-state index contributed by atoms with van der Waals surface area (Å²) < 4.78 is 4.83. The highest BCUT2D eigenvalue weighted by Crippen LogP contribution is 2.58. The number of methoxy groups -OCH3 is 1. The fourth-order valence-corrected chi connectivity index (χ4v) is 3.57. The van der Waals surface area contributed by atoms with E-state index in [9.17, 15) is 0 Å². The van der Waals surface area contributed by atoms with Crippen molar-refractivity contribution in [3.63, 3.8) is 0 Å². The van der Waals surface area contributed by atoms with Crippen molar-refractivity contribution in [1.82, 2.24) is 0 Å². The van der Waals surface area contributed by atoms with Gasteiger partial charge in [-0.15, -0.1) is 0 Å². The van der Waals surface area contributed by atoms with Crippen molar-refractivity contribution < 1.29 is 4.74 Å². The fraction of sp³-hybridized carbons (Fsp3) is 0.667. The zero-order chi connectivity index (χ0) is 9.02. The predicted octanol–water partition coefficient (Wildman–Crippen LogP) is 4.49. The van der Waals surface area contributed by atoms with E-state index in [-0.39, 0.29) is 5.92 Å². The molecule has 0 unspecified atom stereocenters. The van der Waals surface area contributed by atoms with Crippen LogP contribution in [0, 0.1) is 5.92 Å². The van der Waals surface area contributed by atoms with Gasteiger partial charge in [-0.3, -0.25) is 0 Å². The van der Waals surface area contributed by atoms with E-state index >= 15 is 0 Å². The summed E-state index contributed by atoms with van der Waals surface area (Å²) >= 11 is 17.2. The quantitative estimate of drug-likeness (QED) is 0.517. The average molecular weight is 235 g/mol. The zero-order valence-corrected chi connectivity index (χ0v) is 9.73. The maximum absolute atomic E-state index is 5.73. The summed E-state index contributed by atoms with van der Waals surface area (Å²) in [4.78, 5) is 0. The highest BCUT2D eigenvalue weighted by Gasteiger charge is 2.17. The molecule has 0 saturated carbocycles. The summed E-state index contributed by atoms with van der Waals surface area (Å²) in [7, 11) is 1.50. The molecule has 66 valence electrons. The first kappa shape index (κ1) is 11.8. The lowest BCUT2D eigenvalue weighted by atomic mass is 10.2. The smallest absolute Gasteiger partial charge is 0.192 e. The van der Waals surface area contributed by atoms with Crippen LogP contribution in [0.1, 0.15) is 13.8 Å². The molecule has 0 aliphatic heterocycles. The van der Waals surface area contributed by atoms with Gasteiger partial charge in [-0.25, -0.2) is 0 Å². The van der Waals surface area contributed by atoms with Crippen LogP contribution in [0.4, 0.5) is 0 Å². The lowest BCUT2D eigenvalue weighted by Crippen LogP contribution is -1.93. The van der Waals surface area contributed by atoms with Crippen molar-refractivity contribution in [3.05, 3.63) is 10.5 Å². The Labute approximate surface area is 83.0 Å². The summed E-state index contributed by atoms with van der Waals surface area (Å²) in [6, 6.07) is 0. The van der Waals surface area contributed by atoms with Crippen LogP contribution in [0.2, 0.25) is 0 Å². The summed E-state index contributed by atoms with van der Waals surface area (Å²) in [5.74, 6) is 0.226. The minimum atomic E-state index is -1.18. The Bertz CT molecular complexity index is 146. The van der Waals surface area contributed by atoms with Crippen molar-refractivity contribution in [2.45, 2.75) is 13.8 Å². The summed E-state index contributed by atoms with van der Waals surface area (Å²) in [5, 5.41) is 1.10. The summed E-state index contributed by atoms with van der Waals surface area (Å²) in [6.45, 7) is 2.76. The standard InChI is InChI=1S/C6H10Cl3OP/c1-4(2)5(11(8)9)6(7)10-3/h4H,1-3H3/b6-5+. The maximum Gasteiger partial charge on any atom is 0.192 e. The molecule has 1 nitrogen and oxygen atoms in total. The van der Waals surface area contributed by atoms with Crippen molar-refractivity contribution in [1.29, 1.82) is 0 Å². The van der Waals surface area contributed by atoms with Gasteiger partial charge in [0.2, 0.25) is 0 Å². The Balaban J connectivity index is 4.58. The summed E-state index contributed by atoms with van der Waals surface area (Å²) in [6.07, 6.45) is 0. The number of hydrogen-bond donors (Lipinski definition) is 0. The minimum absolute atomic E-state index is 0.226. The monoisotopic (exact) mass is 234 g/mol. The second kappa shape index (κ2) is 5.48. The highest BCUT2D eigenvalue weighted by molar-refractivity contribution is 8.06. The van der Waals surface area contributed by atoms with Crippen LogP contribution >= 0.6 is 40.7 Å². The lowest BCUT2D eigenvalue weighted by molar-refractivity contribution is 0.317. The van der Waals surface area contributed by atoms with Gasteiger partial charge in [0.1, 0.15) is 6.63 Å². The molecular formula is C6H10Cl3OP. The topological polar surface area (TPSA) is 9.23 Å². The molecule has 0 aliphatic rings. The van der Waals surface area contributed by atoms with Crippen molar-refractivity contribution in [2.24, 2.45) is 5.92 Å². The maximum atomic E-state index is 5.73. The molecule has 0 heterocycles. The van der Waals surface area contributed by atoms with Gasteiger partial charge in [0.25, 0.3) is 0 Å². The lowest BCUT2D eigenvalue weighted by Gasteiger charge is -2.12. The van der Waals surface area contributed by atoms with Crippen LogP contribution < -0.4 is 0 Å². The molecule has 0 N–H and O–H groups in total. The third-order valence-electron chi connectivity index (χ3n) is 1.11. The SMILES string of the molecule is CO/C(Cl)=C(\C(C)C)P(Cl)Cl. The van der Waals surface area contributed by atoms with Crippen molar-refractivity contribution in [2.75, 3.05) is 7.11 Å². The molecule has 0 aromatic rings. The van der Waals surface area contributed by atoms with Gasteiger partial charge in [0, 0.05) is 5.31 Å². The van der Waals surface area contributed by atoms with Crippen molar-refractivity contribution >= 4 is 40.7 Å². The van der Waals surface area contributed by atoms with E-state index in [0.717, 1.165) is 5.31 Å². The number of ether oxygens (including phenoxy) is 1. The number of allylic oxidation sites excluding steroid dienone is 1. The molecule has 0 spiro atoms. The first-order valence-electron chi connectivity index (χ1n) is 3.06. The molecule has 0 aromatic carbocycles. The third kappa shape index (κ3) is 3.85. The second-order valence-corrected chi connectivity index (χ2v) is 6.09.